The minimum Gasteiger partial charge on any atom is -0.496 e. The molecule has 0 N–H and O–H groups in total. The van der Waals surface area contributed by atoms with Crippen molar-refractivity contribution in [3.05, 3.63) is 58.7 Å². The molecule has 0 spiro atoms. The summed E-state index contributed by atoms with van der Waals surface area (Å²) in [5, 5.41) is 0. The van der Waals surface area contributed by atoms with Crippen LogP contribution >= 0.6 is 0 Å². The van der Waals surface area contributed by atoms with E-state index in [1.807, 2.05) is 90.1 Å². The first-order chi connectivity index (χ1) is 15.9. The van der Waals surface area contributed by atoms with E-state index < -0.39 is 0 Å². The largest absolute Gasteiger partial charge is 0.496 e. The molecule has 2 atom stereocenters. The molecule has 2 aromatic carbocycles. The van der Waals surface area contributed by atoms with E-state index in [0.717, 1.165) is 33.8 Å². The van der Waals surface area contributed by atoms with Gasteiger partial charge >= 0.3 is 0 Å². The van der Waals surface area contributed by atoms with Gasteiger partial charge in [-0.05, 0) is 52.0 Å². The number of Topliss-reactive ketones (excluding diaryl/α,β-unsaturated/α-hetero) is 1. The maximum atomic E-state index is 13.7. The van der Waals surface area contributed by atoms with E-state index in [1.54, 1.807) is 14.2 Å². The lowest BCUT2D eigenvalue weighted by Gasteiger charge is -2.30. The Kier molecular flexibility index (Phi) is 6.01. The summed E-state index contributed by atoms with van der Waals surface area (Å²) in [5.41, 5.74) is 2.80. The van der Waals surface area contributed by atoms with Crippen LogP contribution in [0.3, 0.4) is 0 Å². The zero-order valence-electron chi connectivity index (χ0n) is 21.3. The van der Waals surface area contributed by atoms with Crippen LogP contribution in [0.15, 0.2) is 36.4 Å². The normalized spacial score (nSPS) is 18.6. The van der Waals surface area contributed by atoms with Gasteiger partial charge < -0.3 is 18.9 Å². The molecule has 2 aliphatic heterocycles. The highest BCUT2D eigenvalue weighted by atomic mass is 16.5. The molecule has 0 saturated carbocycles. The van der Waals surface area contributed by atoms with E-state index in [-0.39, 0.29) is 28.8 Å². The Morgan fingerprint density at radius 1 is 0.735 bits per heavy atom. The van der Waals surface area contributed by atoms with Crippen LogP contribution in [-0.2, 0) is 4.79 Å². The van der Waals surface area contributed by atoms with Crippen LogP contribution in [0.25, 0.3) is 12.2 Å². The predicted octanol–water partition coefficient (Wildman–Crippen LogP) is 6.55. The van der Waals surface area contributed by atoms with Gasteiger partial charge in [0.05, 0.1) is 14.2 Å². The predicted molar refractivity (Wildman–Crippen MR) is 135 cm³/mol. The fourth-order valence-electron chi connectivity index (χ4n) is 4.56. The van der Waals surface area contributed by atoms with E-state index in [0.29, 0.717) is 11.5 Å². The Hall–Kier alpha value is -3.21. The maximum Gasteiger partial charge on any atom is 0.147 e. The van der Waals surface area contributed by atoms with E-state index in [4.69, 9.17) is 18.9 Å². The molecule has 2 aromatic rings. The van der Waals surface area contributed by atoms with Gasteiger partial charge in [-0.25, -0.2) is 0 Å². The number of benzene rings is 2. The molecular formula is C29H34O5. The molecule has 0 aromatic heterocycles. The lowest BCUT2D eigenvalue weighted by Crippen LogP contribution is -2.28. The Morgan fingerprint density at radius 2 is 1.12 bits per heavy atom. The van der Waals surface area contributed by atoms with E-state index in [2.05, 4.69) is 0 Å². The number of carbonyl (C=O) groups excluding carboxylic acids is 1. The molecule has 0 bridgehead atoms. The molecule has 2 heterocycles. The summed E-state index contributed by atoms with van der Waals surface area (Å²) >= 11 is 0. The maximum absolute atomic E-state index is 13.7. The number of ketones is 1. The summed E-state index contributed by atoms with van der Waals surface area (Å²) < 4.78 is 23.5. The SMILES string of the molecule is COc1cc2c(cc1[C@H](C)C(=O)[C@H](C)c1cc3c(cc1OC)OC(C)(C)C=C3)C=CC(C)(C)O2. The molecule has 0 saturated heterocycles. The number of methoxy groups -OCH3 is 2. The molecule has 0 amide bonds. The van der Waals surface area contributed by atoms with Crippen molar-refractivity contribution < 1.29 is 23.7 Å². The van der Waals surface area contributed by atoms with Crippen molar-refractivity contribution >= 4 is 17.9 Å². The molecule has 0 unspecified atom stereocenters. The topological polar surface area (TPSA) is 54.0 Å². The molecular weight excluding hydrogens is 428 g/mol. The van der Waals surface area contributed by atoms with Crippen molar-refractivity contribution in [1.29, 1.82) is 0 Å². The molecule has 34 heavy (non-hydrogen) atoms. The Bertz CT molecular complexity index is 1090. The zero-order valence-corrected chi connectivity index (χ0v) is 21.3. The average molecular weight is 463 g/mol. The third-order valence-corrected chi connectivity index (χ3v) is 6.59. The quantitative estimate of drug-likeness (QED) is 0.487. The monoisotopic (exact) mass is 462 g/mol. The summed E-state index contributed by atoms with van der Waals surface area (Å²) in [6, 6.07) is 7.76. The van der Waals surface area contributed by atoms with E-state index in [1.165, 1.54) is 0 Å². The van der Waals surface area contributed by atoms with Gasteiger partial charge in [0.1, 0.15) is 40.0 Å². The van der Waals surface area contributed by atoms with Crippen LogP contribution in [0, 0.1) is 0 Å². The fraction of sp³-hybridized carbons (Fsp3) is 0.414. The van der Waals surface area contributed by atoms with Crippen LogP contribution in [0.2, 0.25) is 0 Å². The van der Waals surface area contributed by atoms with Gasteiger partial charge in [0.15, 0.2) is 0 Å². The van der Waals surface area contributed by atoms with Gasteiger partial charge in [0.25, 0.3) is 0 Å². The van der Waals surface area contributed by atoms with Gasteiger partial charge in [-0.3, -0.25) is 4.79 Å². The average Bonchev–Trinajstić information content (AvgIpc) is 2.79. The minimum absolute atomic E-state index is 0.0820. The second-order valence-corrected chi connectivity index (χ2v) is 10.2. The molecule has 5 nitrogen and oxygen atoms in total. The second kappa shape index (κ2) is 8.53. The first-order valence-electron chi connectivity index (χ1n) is 11.7. The van der Waals surface area contributed by atoms with Crippen LogP contribution in [0.5, 0.6) is 23.0 Å². The van der Waals surface area contributed by atoms with Crippen molar-refractivity contribution in [2.45, 2.75) is 64.6 Å². The smallest absolute Gasteiger partial charge is 0.147 e. The number of rotatable bonds is 6. The van der Waals surface area contributed by atoms with Gasteiger partial charge in [0.2, 0.25) is 0 Å². The first kappa shape index (κ1) is 23.9. The Morgan fingerprint density at radius 3 is 1.47 bits per heavy atom. The van der Waals surface area contributed by atoms with Gasteiger partial charge in [-0.1, -0.05) is 26.0 Å². The van der Waals surface area contributed by atoms with Crippen molar-refractivity contribution in [3.8, 4) is 23.0 Å². The Labute approximate surface area is 202 Å². The summed E-state index contributed by atoms with van der Waals surface area (Å²) in [4.78, 5) is 13.7. The Balaban J connectivity index is 1.68. The standard InChI is InChI=1S/C29H34O5/c1-17(21-13-19-9-11-28(3,4)33-23(19)15-25(21)31-7)27(30)18(2)22-14-20-10-12-29(5,6)34-24(20)16-26(22)32-8/h9-18H,1-8H3/t17-,18+. The van der Waals surface area contributed by atoms with Crippen LogP contribution in [-0.4, -0.2) is 31.2 Å². The number of hydrogen-bond acceptors (Lipinski definition) is 5. The first-order valence-corrected chi connectivity index (χ1v) is 11.7. The van der Waals surface area contributed by atoms with Crippen molar-refractivity contribution in [1.82, 2.24) is 0 Å². The van der Waals surface area contributed by atoms with Crippen molar-refractivity contribution in [2.75, 3.05) is 14.2 Å². The van der Waals surface area contributed by atoms with Crippen molar-refractivity contribution in [3.63, 3.8) is 0 Å². The number of carbonyl (C=O) groups is 1. The number of hydrogen-bond donors (Lipinski definition) is 0. The van der Waals surface area contributed by atoms with E-state index in [9.17, 15) is 4.79 Å². The summed E-state index contributed by atoms with van der Waals surface area (Å²) in [7, 11) is 3.24. The van der Waals surface area contributed by atoms with Gasteiger partial charge in [-0.2, -0.15) is 0 Å². The molecule has 2 aliphatic rings. The fourth-order valence-corrected chi connectivity index (χ4v) is 4.56. The van der Waals surface area contributed by atoms with Gasteiger partial charge in [0, 0.05) is 46.2 Å². The summed E-state index contributed by atoms with van der Waals surface area (Å²) in [6.07, 6.45) is 8.14. The highest BCUT2D eigenvalue weighted by Gasteiger charge is 2.31. The van der Waals surface area contributed by atoms with Crippen molar-refractivity contribution in [2.24, 2.45) is 0 Å². The third-order valence-electron chi connectivity index (χ3n) is 6.59. The van der Waals surface area contributed by atoms with Crippen LogP contribution < -0.4 is 18.9 Å². The zero-order chi connectivity index (χ0) is 24.8. The summed E-state index contributed by atoms with van der Waals surface area (Å²) in [5.74, 6) is 2.12. The second-order valence-electron chi connectivity index (χ2n) is 10.2. The molecule has 0 fully saturated rings. The lowest BCUT2D eigenvalue weighted by atomic mass is 9.83. The third kappa shape index (κ3) is 4.44. The minimum atomic E-state index is -0.384. The summed E-state index contributed by atoms with van der Waals surface area (Å²) in [6.45, 7) is 11.9. The lowest BCUT2D eigenvalue weighted by molar-refractivity contribution is -0.121. The molecule has 0 aliphatic carbocycles. The molecule has 5 heteroatoms. The van der Waals surface area contributed by atoms with E-state index >= 15 is 0 Å². The molecule has 180 valence electrons. The highest BCUT2D eigenvalue weighted by Crippen LogP contribution is 2.43. The highest BCUT2D eigenvalue weighted by molar-refractivity contribution is 5.93. The number of ether oxygens (including phenoxy) is 4. The van der Waals surface area contributed by atoms with Crippen LogP contribution in [0.1, 0.15) is 75.6 Å². The molecule has 4 rings (SSSR count). The number of fused-ring (bicyclic) bond motifs is 2. The van der Waals surface area contributed by atoms with Gasteiger partial charge in [-0.15, -0.1) is 0 Å². The van der Waals surface area contributed by atoms with Crippen LogP contribution in [0.4, 0.5) is 0 Å². The molecule has 0 radical (unpaired) electrons.